The van der Waals surface area contributed by atoms with Crippen molar-refractivity contribution in [3.63, 3.8) is 0 Å². The molecule has 25 heavy (non-hydrogen) atoms. The summed E-state index contributed by atoms with van der Waals surface area (Å²) in [4.78, 5) is 11.6. The highest BCUT2D eigenvalue weighted by atomic mass is 16.4. The van der Waals surface area contributed by atoms with Gasteiger partial charge in [-0.2, -0.15) is 0 Å². The van der Waals surface area contributed by atoms with E-state index in [2.05, 4.69) is 11.8 Å². The molecule has 2 N–H and O–H groups in total. The molecule has 130 valence electrons. The minimum absolute atomic E-state index is 0.133. The van der Waals surface area contributed by atoms with Crippen molar-refractivity contribution in [1.29, 1.82) is 0 Å². The lowest BCUT2D eigenvalue weighted by atomic mass is 9.89. The van der Waals surface area contributed by atoms with Gasteiger partial charge in [-0.05, 0) is 37.5 Å². The fourth-order valence-corrected chi connectivity index (χ4v) is 3.14. The van der Waals surface area contributed by atoms with Gasteiger partial charge in [0.05, 0.1) is 0 Å². The summed E-state index contributed by atoms with van der Waals surface area (Å²) in [6, 6.07) is 8.32. The molecule has 4 nitrogen and oxygen atoms in total. The molecule has 1 atom stereocenters. The molecule has 1 saturated carbocycles. The van der Waals surface area contributed by atoms with E-state index in [0.29, 0.717) is 17.2 Å². The predicted molar refractivity (Wildman–Crippen MR) is 95.3 cm³/mol. The molecule has 1 fully saturated rings. The number of aryl methyl sites for hydroxylation is 1. The first kappa shape index (κ1) is 17.3. The molecule has 0 radical (unpaired) electrons. The first-order chi connectivity index (χ1) is 12.0. The van der Waals surface area contributed by atoms with Crippen LogP contribution >= 0.6 is 0 Å². The molecular formula is C21H22O4. The van der Waals surface area contributed by atoms with Gasteiger partial charge in [0.25, 0.3) is 0 Å². The molecule has 0 spiro atoms. The molecule has 1 unspecified atom stereocenters. The fourth-order valence-electron chi connectivity index (χ4n) is 3.14. The van der Waals surface area contributed by atoms with E-state index in [-0.39, 0.29) is 5.76 Å². The van der Waals surface area contributed by atoms with Crippen molar-refractivity contribution in [3.05, 3.63) is 63.2 Å². The Bertz CT molecular complexity index is 846. The third-order valence-corrected chi connectivity index (χ3v) is 4.57. The van der Waals surface area contributed by atoms with Gasteiger partial charge in [0, 0.05) is 17.5 Å². The zero-order chi connectivity index (χ0) is 17.8. The van der Waals surface area contributed by atoms with Crippen molar-refractivity contribution >= 4 is 0 Å². The van der Waals surface area contributed by atoms with Gasteiger partial charge in [-0.15, -0.1) is 0 Å². The summed E-state index contributed by atoms with van der Waals surface area (Å²) in [7, 11) is 0. The second kappa shape index (κ2) is 7.58. The molecule has 0 bridgehead atoms. The fraction of sp³-hybridized carbons (Fsp3) is 0.381. The van der Waals surface area contributed by atoms with Crippen molar-refractivity contribution < 1.29 is 14.6 Å². The van der Waals surface area contributed by atoms with Gasteiger partial charge in [-0.25, -0.2) is 0 Å². The first-order valence-electron chi connectivity index (χ1n) is 8.68. The molecule has 1 aromatic heterocycles. The molecule has 1 aliphatic rings. The largest absolute Gasteiger partial charge is 0.502 e. The third-order valence-electron chi connectivity index (χ3n) is 4.57. The van der Waals surface area contributed by atoms with E-state index >= 15 is 0 Å². The molecule has 1 aliphatic carbocycles. The van der Waals surface area contributed by atoms with Gasteiger partial charge in [-0.3, -0.25) is 4.79 Å². The van der Waals surface area contributed by atoms with E-state index in [1.54, 1.807) is 19.1 Å². The van der Waals surface area contributed by atoms with Gasteiger partial charge >= 0.3 is 0 Å². The highest BCUT2D eigenvalue weighted by Crippen LogP contribution is 2.28. The second-order valence-corrected chi connectivity index (χ2v) is 6.56. The summed E-state index contributed by atoms with van der Waals surface area (Å²) in [5, 5.41) is 20.3. The Balaban J connectivity index is 1.78. The number of benzene rings is 1. The SMILES string of the molecule is Cc1cc(=O)c(O)c(C(O)c2ccc(C#CC3CCCCC3)cc2)o1. The van der Waals surface area contributed by atoms with E-state index in [4.69, 9.17) is 4.42 Å². The van der Waals surface area contributed by atoms with Crippen LogP contribution in [0, 0.1) is 24.7 Å². The zero-order valence-corrected chi connectivity index (χ0v) is 14.3. The van der Waals surface area contributed by atoms with Crippen LogP contribution in [0.25, 0.3) is 0 Å². The second-order valence-electron chi connectivity index (χ2n) is 6.56. The number of hydrogen-bond acceptors (Lipinski definition) is 4. The molecule has 1 heterocycles. The molecule has 3 rings (SSSR count). The minimum atomic E-state index is -1.20. The van der Waals surface area contributed by atoms with Crippen molar-refractivity contribution in [3.8, 4) is 17.6 Å². The van der Waals surface area contributed by atoms with Crippen LogP contribution < -0.4 is 5.43 Å². The maximum atomic E-state index is 11.6. The summed E-state index contributed by atoms with van der Waals surface area (Å²) in [5.74, 6) is 6.66. The van der Waals surface area contributed by atoms with E-state index in [0.717, 1.165) is 5.56 Å². The summed E-state index contributed by atoms with van der Waals surface area (Å²) in [5.41, 5.74) is 0.858. The lowest BCUT2D eigenvalue weighted by Crippen LogP contribution is -2.08. The lowest BCUT2D eigenvalue weighted by molar-refractivity contribution is 0.176. The Morgan fingerprint density at radius 2 is 1.84 bits per heavy atom. The molecular weight excluding hydrogens is 316 g/mol. The van der Waals surface area contributed by atoms with Crippen LogP contribution in [0.2, 0.25) is 0 Å². The number of aromatic hydroxyl groups is 1. The van der Waals surface area contributed by atoms with Crippen LogP contribution in [-0.4, -0.2) is 10.2 Å². The monoisotopic (exact) mass is 338 g/mol. The quantitative estimate of drug-likeness (QED) is 0.820. The molecule has 0 amide bonds. The van der Waals surface area contributed by atoms with Crippen molar-refractivity contribution in [2.24, 2.45) is 5.92 Å². The predicted octanol–water partition coefficient (Wildman–Crippen LogP) is 3.67. The highest BCUT2D eigenvalue weighted by Gasteiger charge is 2.20. The van der Waals surface area contributed by atoms with Crippen molar-refractivity contribution in [2.75, 3.05) is 0 Å². The normalized spacial score (nSPS) is 16.1. The average molecular weight is 338 g/mol. The van der Waals surface area contributed by atoms with Crippen LogP contribution in [0.1, 0.15) is 60.9 Å². The van der Waals surface area contributed by atoms with Crippen molar-refractivity contribution in [2.45, 2.75) is 45.1 Å². The molecule has 0 saturated heterocycles. The van der Waals surface area contributed by atoms with Gasteiger partial charge in [0.1, 0.15) is 11.9 Å². The smallest absolute Gasteiger partial charge is 0.227 e. The third kappa shape index (κ3) is 4.12. The van der Waals surface area contributed by atoms with Crippen LogP contribution in [0.3, 0.4) is 0 Å². The van der Waals surface area contributed by atoms with E-state index in [9.17, 15) is 15.0 Å². The maximum absolute atomic E-state index is 11.6. The summed E-state index contributed by atoms with van der Waals surface area (Å²) < 4.78 is 5.33. The Morgan fingerprint density at radius 1 is 1.16 bits per heavy atom. The number of aliphatic hydroxyl groups is 1. The summed E-state index contributed by atoms with van der Waals surface area (Å²) >= 11 is 0. The van der Waals surface area contributed by atoms with E-state index in [1.807, 2.05) is 12.1 Å². The van der Waals surface area contributed by atoms with Crippen LogP contribution in [0.4, 0.5) is 0 Å². The van der Waals surface area contributed by atoms with Gasteiger partial charge < -0.3 is 14.6 Å². The standard InChI is InChI=1S/C21H22O4/c1-14-13-18(22)20(24)21(25-14)19(23)17-11-9-16(10-12-17)8-7-15-5-3-2-4-6-15/h9-13,15,19,23-24H,2-6H2,1H3. The lowest BCUT2D eigenvalue weighted by Gasteiger charge is -2.15. The topological polar surface area (TPSA) is 70.7 Å². The van der Waals surface area contributed by atoms with E-state index in [1.165, 1.54) is 38.2 Å². The number of rotatable bonds is 2. The Morgan fingerprint density at radius 3 is 2.52 bits per heavy atom. The van der Waals surface area contributed by atoms with Gasteiger partial charge in [0.15, 0.2) is 5.76 Å². The highest BCUT2D eigenvalue weighted by molar-refractivity contribution is 5.40. The molecule has 2 aromatic rings. The number of hydrogen-bond donors (Lipinski definition) is 2. The van der Waals surface area contributed by atoms with Crippen LogP contribution in [0.15, 0.2) is 39.5 Å². The zero-order valence-electron chi connectivity index (χ0n) is 14.3. The maximum Gasteiger partial charge on any atom is 0.227 e. The molecule has 4 heteroatoms. The Kier molecular flexibility index (Phi) is 5.25. The van der Waals surface area contributed by atoms with Gasteiger partial charge in [-0.1, -0.05) is 43.2 Å². The Hall–Kier alpha value is -2.51. The Labute approximate surface area is 147 Å². The molecule has 0 aliphatic heterocycles. The van der Waals surface area contributed by atoms with Crippen molar-refractivity contribution in [1.82, 2.24) is 0 Å². The minimum Gasteiger partial charge on any atom is -0.502 e. The molecule has 1 aromatic carbocycles. The van der Waals surface area contributed by atoms with Crippen LogP contribution in [0.5, 0.6) is 5.75 Å². The van der Waals surface area contributed by atoms with Gasteiger partial charge in [0.2, 0.25) is 11.2 Å². The number of aliphatic hydroxyl groups excluding tert-OH is 1. The summed E-state index contributed by atoms with van der Waals surface area (Å²) in [6.07, 6.45) is 4.98. The first-order valence-corrected chi connectivity index (χ1v) is 8.68. The summed E-state index contributed by atoms with van der Waals surface area (Å²) in [6.45, 7) is 1.60. The van der Waals surface area contributed by atoms with E-state index < -0.39 is 17.3 Å². The van der Waals surface area contributed by atoms with Crippen LogP contribution in [-0.2, 0) is 0 Å². The average Bonchev–Trinajstić information content (AvgIpc) is 2.63.